The van der Waals surface area contributed by atoms with Gasteiger partial charge in [0.1, 0.15) is 0 Å². The molecule has 134 valence electrons. The molecule has 0 radical (unpaired) electrons. The Kier molecular flexibility index (Phi) is 6.60. The van der Waals surface area contributed by atoms with Crippen LogP contribution in [0.5, 0.6) is 0 Å². The van der Waals surface area contributed by atoms with Crippen LogP contribution in [0.15, 0.2) is 57.6 Å². The van der Waals surface area contributed by atoms with Gasteiger partial charge in [0, 0.05) is 5.38 Å². The van der Waals surface area contributed by atoms with Crippen molar-refractivity contribution in [1.29, 1.82) is 0 Å². The fraction of sp³-hybridized carbons (Fsp3) is 0.211. The largest absolute Gasteiger partial charge is 0.349 e. The molecule has 0 aliphatic heterocycles. The molecule has 3 rings (SSSR count). The normalized spacial score (nSPS) is 11.9. The van der Waals surface area contributed by atoms with E-state index < -0.39 is 0 Å². The molecule has 1 aromatic carbocycles. The van der Waals surface area contributed by atoms with Crippen molar-refractivity contribution >= 4 is 46.1 Å². The first-order valence-electron chi connectivity index (χ1n) is 8.10. The van der Waals surface area contributed by atoms with Crippen LogP contribution in [0, 0.1) is 0 Å². The van der Waals surface area contributed by atoms with Crippen molar-refractivity contribution in [3.8, 4) is 0 Å². The summed E-state index contributed by atoms with van der Waals surface area (Å²) in [6.07, 6.45) is 0.243. The standard InChI is InChI=1S/C19H18N2O2S3/c1-13(14-6-3-2-4-7-14)20-18(23)10-15-11-25-19(21-15)26-12-16(22)17-8-5-9-24-17/h2-9,11,13H,10,12H2,1H3,(H,20,23). The Labute approximate surface area is 164 Å². The first-order valence-corrected chi connectivity index (χ1v) is 10.8. The predicted molar refractivity (Wildman–Crippen MR) is 108 cm³/mol. The van der Waals surface area contributed by atoms with Crippen molar-refractivity contribution in [2.45, 2.75) is 23.7 Å². The van der Waals surface area contributed by atoms with Crippen molar-refractivity contribution in [2.24, 2.45) is 0 Å². The van der Waals surface area contributed by atoms with E-state index in [4.69, 9.17) is 0 Å². The molecular formula is C19H18N2O2S3. The highest BCUT2D eigenvalue weighted by Gasteiger charge is 2.13. The molecule has 0 fully saturated rings. The number of ketones is 1. The zero-order chi connectivity index (χ0) is 18.4. The average molecular weight is 403 g/mol. The third-order valence-corrected chi connectivity index (χ3v) is 6.65. The summed E-state index contributed by atoms with van der Waals surface area (Å²) in [6.45, 7) is 1.96. The minimum atomic E-state index is -0.0575. The summed E-state index contributed by atoms with van der Waals surface area (Å²) in [5.41, 5.74) is 1.81. The Balaban J connectivity index is 1.48. The maximum Gasteiger partial charge on any atom is 0.226 e. The number of carbonyl (C=O) groups is 2. The van der Waals surface area contributed by atoms with Crippen LogP contribution in [0.25, 0.3) is 0 Å². The number of hydrogen-bond donors (Lipinski definition) is 1. The number of nitrogens with zero attached hydrogens (tertiary/aromatic N) is 1. The number of thioether (sulfide) groups is 1. The average Bonchev–Trinajstić information content (AvgIpc) is 3.32. The van der Waals surface area contributed by atoms with Crippen LogP contribution in [0.1, 0.15) is 33.9 Å². The van der Waals surface area contributed by atoms with Gasteiger partial charge < -0.3 is 5.32 Å². The van der Waals surface area contributed by atoms with Crippen molar-refractivity contribution in [1.82, 2.24) is 10.3 Å². The van der Waals surface area contributed by atoms with E-state index in [0.29, 0.717) is 5.75 Å². The zero-order valence-electron chi connectivity index (χ0n) is 14.2. The molecular weight excluding hydrogens is 384 g/mol. The van der Waals surface area contributed by atoms with Gasteiger partial charge in [-0.25, -0.2) is 4.98 Å². The lowest BCUT2D eigenvalue weighted by Gasteiger charge is -2.13. The van der Waals surface area contributed by atoms with Crippen LogP contribution in [0.2, 0.25) is 0 Å². The van der Waals surface area contributed by atoms with Crippen molar-refractivity contribution in [2.75, 3.05) is 5.75 Å². The molecule has 0 spiro atoms. The number of Topliss-reactive ketones (excluding diaryl/α,β-unsaturated/α-hetero) is 1. The number of amides is 1. The minimum Gasteiger partial charge on any atom is -0.349 e. The van der Waals surface area contributed by atoms with Gasteiger partial charge in [0.25, 0.3) is 0 Å². The second kappa shape index (κ2) is 9.12. The smallest absolute Gasteiger partial charge is 0.226 e. The van der Waals surface area contributed by atoms with Gasteiger partial charge in [-0.15, -0.1) is 22.7 Å². The number of rotatable bonds is 8. The van der Waals surface area contributed by atoms with Gasteiger partial charge in [0.2, 0.25) is 5.91 Å². The quantitative estimate of drug-likeness (QED) is 0.442. The van der Waals surface area contributed by atoms with Crippen LogP contribution in [-0.2, 0) is 11.2 Å². The molecule has 1 atom stereocenters. The fourth-order valence-electron chi connectivity index (χ4n) is 2.35. The molecule has 0 bridgehead atoms. The maximum absolute atomic E-state index is 12.2. The molecule has 2 heterocycles. The molecule has 1 amide bonds. The molecule has 1 unspecified atom stereocenters. The summed E-state index contributed by atoms with van der Waals surface area (Å²) < 4.78 is 0.814. The monoisotopic (exact) mass is 402 g/mol. The summed E-state index contributed by atoms with van der Waals surface area (Å²) in [5, 5.41) is 6.77. The highest BCUT2D eigenvalue weighted by Crippen LogP contribution is 2.24. The highest BCUT2D eigenvalue weighted by atomic mass is 32.2. The summed E-state index contributed by atoms with van der Waals surface area (Å²) in [7, 11) is 0. The Morgan fingerprint density at radius 3 is 2.69 bits per heavy atom. The van der Waals surface area contributed by atoms with E-state index >= 15 is 0 Å². The summed E-state index contributed by atoms with van der Waals surface area (Å²) in [5.74, 6) is 0.416. The van der Waals surface area contributed by atoms with Crippen LogP contribution >= 0.6 is 34.4 Å². The van der Waals surface area contributed by atoms with Gasteiger partial charge >= 0.3 is 0 Å². The second-order valence-corrected chi connectivity index (χ2v) is 8.70. The van der Waals surface area contributed by atoms with E-state index in [1.165, 1.54) is 34.4 Å². The molecule has 0 aliphatic carbocycles. The molecule has 0 saturated heterocycles. The van der Waals surface area contributed by atoms with Crippen LogP contribution < -0.4 is 5.32 Å². The minimum absolute atomic E-state index is 0.0420. The number of benzene rings is 1. The van der Waals surface area contributed by atoms with Crippen LogP contribution in [-0.4, -0.2) is 22.4 Å². The highest BCUT2D eigenvalue weighted by molar-refractivity contribution is 8.01. The van der Waals surface area contributed by atoms with E-state index in [-0.39, 0.29) is 24.2 Å². The van der Waals surface area contributed by atoms with Gasteiger partial charge in [-0.3, -0.25) is 9.59 Å². The number of hydrogen-bond acceptors (Lipinski definition) is 6. The molecule has 3 aromatic rings. The molecule has 26 heavy (non-hydrogen) atoms. The molecule has 7 heteroatoms. The summed E-state index contributed by atoms with van der Waals surface area (Å²) >= 11 is 4.34. The second-order valence-electron chi connectivity index (χ2n) is 5.67. The first-order chi connectivity index (χ1) is 12.6. The molecule has 2 aromatic heterocycles. The van der Waals surface area contributed by atoms with Gasteiger partial charge in [-0.1, -0.05) is 48.2 Å². The van der Waals surface area contributed by atoms with E-state index in [1.807, 2.05) is 60.1 Å². The van der Waals surface area contributed by atoms with E-state index in [0.717, 1.165) is 20.5 Å². The Morgan fingerprint density at radius 2 is 1.96 bits per heavy atom. The lowest BCUT2D eigenvalue weighted by molar-refractivity contribution is -0.121. The van der Waals surface area contributed by atoms with Gasteiger partial charge in [-0.2, -0.15) is 0 Å². The molecule has 0 saturated carbocycles. The molecule has 4 nitrogen and oxygen atoms in total. The molecule has 0 aliphatic rings. The number of carbonyl (C=O) groups excluding carboxylic acids is 2. The van der Waals surface area contributed by atoms with Crippen molar-refractivity contribution in [3.63, 3.8) is 0 Å². The van der Waals surface area contributed by atoms with Crippen molar-refractivity contribution < 1.29 is 9.59 Å². The number of nitrogens with one attached hydrogen (secondary N) is 1. The first kappa shape index (κ1) is 18.8. The summed E-state index contributed by atoms with van der Waals surface area (Å²) in [4.78, 5) is 29.5. The third kappa shape index (κ3) is 5.27. The Hall–Kier alpha value is -1.96. The van der Waals surface area contributed by atoms with Crippen LogP contribution in [0.3, 0.4) is 0 Å². The Bertz CT molecular complexity index is 860. The Morgan fingerprint density at radius 1 is 1.15 bits per heavy atom. The van der Waals surface area contributed by atoms with Gasteiger partial charge in [0.15, 0.2) is 10.1 Å². The van der Waals surface area contributed by atoms with E-state index in [2.05, 4.69) is 10.3 Å². The number of aromatic nitrogens is 1. The SMILES string of the molecule is CC(NC(=O)Cc1csc(SCC(=O)c2cccs2)n1)c1ccccc1. The molecule has 1 N–H and O–H groups in total. The van der Waals surface area contributed by atoms with Crippen molar-refractivity contribution in [3.05, 3.63) is 69.4 Å². The number of thiazole rings is 1. The van der Waals surface area contributed by atoms with E-state index in [1.54, 1.807) is 0 Å². The summed E-state index contributed by atoms with van der Waals surface area (Å²) in [6, 6.07) is 13.5. The fourth-order valence-corrected chi connectivity index (χ4v) is 4.84. The lowest BCUT2D eigenvalue weighted by atomic mass is 10.1. The number of thiophene rings is 1. The topological polar surface area (TPSA) is 59.1 Å². The van der Waals surface area contributed by atoms with Gasteiger partial charge in [-0.05, 0) is 23.9 Å². The maximum atomic E-state index is 12.2. The predicted octanol–water partition coefficient (Wildman–Crippen LogP) is 4.60. The van der Waals surface area contributed by atoms with Crippen LogP contribution in [0.4, 0.5) is 0 Å². The van der Waals surface area contributed by atoms with Gasteiger partial charge in [0.05, 0.1) is 28.8 Å². The van der Waals surface area contributed by atoms with E-state index in [9.17, 15) is 9.59 Å². The zero-order valence-corrected chi connectivity index (χ0v) is 16.6. The lowest BCUT2D eigenvalue weighted by Crippen LogP contribution is -2.28. The third-order valence-electron chi connectivity index (χ3n) is 3.67.